The molecule has 0 bridgehead atoms. The molecule has 0 aromatic rings. The SMILES string of the molecule is N#C[S-].N#C[S-].N#C[S-].O.[Y+3]. The zero-order valence-corrected chi connectivity index (χ0v) is 10.4. The molecule has 0 aromatic heterocycles. The zero-order chi connectivity index (χ0) is 8.12. The van der Waals surface area contributed by atoms with Crippen molar-refractivity contribution in [2.75, 3.05) is 0 Å². The van der Waals surface area contributed by atoms with E-state index in [9.17, 15) is 0 Å². The van der Waals surface area contributed by atoms with E-state index in [0.717, 1.165) is 0 Å². The maximum Gasteiger partial charge on any atom is 3.00 e. The minimum absolute atomic E-state index is 0. The molecule has 56 valence electrons. The molecule has 0 aliphatic heterocycles. The van der Waals surface area contributed by atoms with Gasteiger partial charge in [0.1, 0.15) is 0 Å². The summed E-state index contributed by atoms with van der Waals surface area (Å²) >= 11 is 11.1. The molecule has 0 heterocycles. The summed E-state index contributed by atoms with van der Waals surface area (Å²) in [6.07, 6.45) is 0. The number of nitriles is 3. The van der Waals surface area contributed by atoms with Crippen molar-refractivity contribution in [1.29, 1.82) is 15.8 Å². The summed E-state index contributed by atoms with van der Waals surface area (Å²) in [5.41, 5.74) is 0. The van der Waals surface area contributed by atoms with Crippen LogP contribution in [0.15, 0.2) is 0 Å². The molecule has 8 heteroatoms. The van der Waals surface area contributed by atoms with Crippen LogP contribution >= 0.6 is 0 Å². The topological polar surface area (TPSA) is 103 Å². The third-order valence-corrected chi connectivity index (χ3v) is 0. The molecule has 11 heavy (non-hydrogen) atoms. The van der Waals surface area contributed by atoms with Gasteiger partial charge in [0, 0.05) is 0 Å². The van der Waals surface area contributed by atoms with Crippen LogP contribution in [0, 0.1) is 32.0 Å². The monoisotopic (exact) mass is 281 g/mol. The van der Waals surface area contributed by atoms with E-state index in [1.54, 1.807) is 0 Å². The first kappa shape index (κ1) is 30.3. The van der Waals surface area contributed by atoms with E-state index < -0.39 is 0 Å². The van der Waals surface area contributed by atoms with Gasteiger partial charge in [-0.05, 0) is 0 Å². The van der Waals surface area contributed by atoms with Crippen LogP contribution < -0.4 is 0 Å². The zero-order valence-electron chi connectivity index (χ0n) is 5.14. The molecule has 4 nitrogen and oxygen atoms in total. The number of hydrogen-bond donors (Lipinski definition) is 0. The molecule has 0 spiro atoms. The van der Waals surface area contributed by atoms with Gasteiger partial charge in [-0.25, -0.2) is 15.8 Å². The standard InChI is InChI=1S/3CHNS.H2O.Y/c3*2-1-3;;/h3*3H;1H2;/q;;;;+3/p-3. The van der Waals surface area contributed by atoms with Crippen LogP contribution in [0.25, 0.3) is 0 Å². The molecule has 0 aromatic carbocycles. The summed E-state index contributed by atoms with van der Waals surface area (Å²) in [5.74, 6) is 0. The van der Waals surface area contributed by atoms with Crippen LogP contribution in [0.3, 0.4) is 0 Å². The van der Waals surface area contributed by atoms with Crippen LogP contribution in [-0.2, 0) is 70.6 Å². The largest absolute Gasteiger partial charge is 3.00 e. The van der Waals surface area contributed by atoms with Crippen molar-refractivity contribution in [2.45, 2.75) is 0 Å². The van der Waals surface area contributed by atoms with Gasteiger partial charge in [-0.3, -0.25) is 0 Å². The fraction of sp³-hybridized carbons (Fsp3) is 0. The third kappa shape index (κ3) is 18200. The Balaban J connectivity index is -0.0000000150. The van der Waals surface area contributed by atoms with E-state index in [2.05, 4.69) is 37.9 Å². The number of nitrogens with zero attached hydrogens (tertiary/aromatic N) is 3. The number of rotatable bonds is 0. The Morgan fingerprint density at radius 1 is 0.727 bits per heavy atom. The van der Waals surface area contributed by atoms with Crippen molar-refractivity contribution < 1.29 is 38.2 Å². The van der Waals surface area contributed by atoms with E-state index in [4.69, 9.17) is 15.8 Å². The summed E-state index contributed by atoms with van der Waals surface area (Å²) in [6, 6.07) is 0. The van der Waals surface area contributed by atoms with Gasteiger partial charge in [-0.15, -0.1) is 0 Å². The normalized spacial score (nSPS) is 1.91. The average Bonchev–Trinajstić information content (AvgIpc) is 1.70. The van der Waals surface area contributed by atoms with Gasteiger partial charge >= 0.3 is 32.7 Å². The molecular formula is C3H2N3OS3Y. The van der Waals surface area contributed by atoms with Crippen molar-refractivity contribution in [1.82, 2.24) is 0 Å². The van der Waals surface area contributed by atoms with Gasteiger partial charge in [0.05, 0.1) is 0 Å². The van der Waals surface area contributed by atoms with Crippen LogP contribution in [0.5, 0.6) is 0 Å². The van der Waals surface area contributed by atoms with E-state index in [1.807, 2.05) is 0 Å². The molecule has 0 atom stereocenters. The van der Waals surface area contributed by atoms with E-state index in [0.29, 0.717) is 0 Å². The number of thiocyanates is 3. The Hall–Kier alpha value is 0.194. The van der Waals surface area contributed by atoms with Crippen molar-refractivity contribution in [3.05, 3.63) is 0 Å². The molecule has 0 radical (unpaired) electrons. The molecular weight excluding hydrogens is 279 g/mol. The smallest absolute Gasteiger partial charge is 0.696 e. The van der Waals surface area contributed by atoms with E-state index in [1.165, 1.54) is 16.2 Å². The van der Waals surface area contributed by atoms with Crippen LogP contribution in [-0.4, -0.2) is 5.48 Å². The summed E-state index contributed by atoms with van der Waals surface area (Å²) in [5, 5.41) is 25.4. The maximum absolute atomic E-state index is 7.13. The fourth-order valence-corrected chi connectivity index (χ4v) is 0. The second-order valence-corrected chi connectivity index (χ2v) is 0.822. The molecule has 0 rings (SSSR count). The second kappa shape index (κ2) is 84.5. The van der Waals surface area contributed by atoms with Crippen LogP contribution in [0.4, 0.5) is 0 Å². The first-order valence-corrected chi connectivity index (χ1v) is 2.51. The predicted octanol–water partition coefficient (Wildman–Crippen LogP) is -0.784. The van der Waals surface area contributed by atoms with Crippen LogP contribution in [0.2, 0.25) is 0 Å². The molecule has 0 saturated heterocycles. The quantitative estimate of drug-likeness (QED) is 0.426. The Morgan fingerprint density at radius 2 is 0.727 bits per heavy atom. The molecule has 0 fully saturated rings. The second-order valence-electron chi connectivity index (χ2n) is 0.274. The Bertz CT molecular complexity index is 117. The van der Waals surface area contributed by atoms with Crippen molar-refractivity contribution in [3.63, 3.8) is 0 Å². The van der Waals surface area contributed by atoms with Crippen molar-refractivity contribution in [3.8, 4) is 16.2 Å². The Kier molecular flexibility index (Phi) is 233. The molecule has 0 unspecified atom stereocenters. The first-order chi connectivity index (χ1) is 4.24. The first-order valence-electron chi connectivity index (χ1n) is 1.28. The van der Waals surface area contributed by atoms with Gasteiger partial charge in [0.2, 0.25) is 0 Å². The summed E-state index contributed by atoms with van der Waals surface area (Å²) in [7, 11) is 0. The summed E-state index contributed by atoms with van der Waals surface area (Å²) in [6.45, 7) is 0. The van der Waals surface area contributed by atoms with Gasteiger partial charge in [-0.2, -0.15) is 0 Å². The fourth-order valence-electron chi connectivity index (χ4n) is 0. The summed E-state index contributed by atoms with van der Waals surface area (Å²) in [4.78, 5) is 0. The molecule has 0 aliphatic carbocycles. The predicted molar refractivity (Wildman–Crippen MR) is 42.5 cm³/mol. The van der Waals surface area contributed by atoms with Gasteiger partial charge in [-0.1, -0.05) is 16.2 Å². The average molecular weight is 281 g/mol. The minimum Gasteiger partial charge on any atom is -0.696 e. The van der Waals surface area contributed by atoms with Crippen LogP contribution in [0.1, 0.15) is 0 Å². The summed E-state index contributed by atoms with van der Waals surface area (Å²) < 4.78 is 0. The Labute approximate surface area is 107 Å². The minimum atomic E-state index is 0. The Morgan fingerprint density at radius 3 is 0.727 bits per heavy atom. The molecule has 0 amide bonds. The maximum atomic E-state index is 7.13. The molecule has 0 saturated carbocycles. The molecule has 2 N–H and O–H groups in total. The van der Waals surface area contributed by atoms with Gasteiger partial charge in [0.25, 0.3) is 0 Å². The van der Waals surface area contributed by atoms with E-state index >= 15 is 0 Å². The van der Waals surface area contributed by atoms with Gasteiger partial charge < -0.3 is 43.4 Å². The van der Waals surface area contributed by atoms with E-state index in [-0.39, 0.29) is 38.2 Å². The van der Waals surface area contributed by atoms with Crippen molar-refractivity contribution in [2.24, 2.45) is 0 Å². The van der Waals surface area contributed by atoms with Crippen molar-refractivity contribution >= 4 is 37.9 Å². The van der Waals surface area contributed by atoms with Gasteiger partial charge in [0.15, 0.2) is 0 Å². The number of hydrogen-bond acceptors (Lipinski definition) is 6. The molecule has 0 aliphatic rings. The third-order valence-electron chi connectivity index (χ3n) is 0.